The van der Waals surface area contributed by atoms with Crippen LogP contribution in [0.1, 0.15) is 18.1 Å². The Labute approximate surface area is 125 Å². The standard InChI is InChI=1S/C16H23N3O2/c1-12-8-18-19(10-12)11-13(2)17-9-14-5-15(20-3)7-16(6-14)21-4/h5-8,10,13,17H,9,11H2,1-4H3. The number of aromatic nitrogens is 2. The van der Waals surface area contributed by atoms with Gasteiger partial charge in [-0.15, -0.1) is 0 Å². The third-order valence-corrected chi connectivity index (χ3v) is 3.29. The average molecular weight is 289 g/mol. The summed E-state index contributed by atoms with van der Waals surface area (Å²) in [6.07, 6.45) is 3.92. The van der Waals surface area contributed by atoms with E-state index in [4.69, 9.17) is 9.47 Å². The number of nitrogens with one attached hydrogen (secondary N) is 1. The molecule has 0 fully saturated rings. The molecule has 0 radical (unpaired) electrons. The van der Waals surface area contributed by atoms with Crippen LogP contribution in [0.4, 0.5) is 0 Å². The summed E-state index contributed by atoms with van der Waals surface area (Å²) in [5, 5.41) is 7.79. The van der Waals surface area contributed by atoms with Crippen molar-refractivity contribution in [3.8, 4) is 11.5 Å². The number of nitrogens with zero attached hydrogens (tertiary/aromatic N) is 2. The fraction of sp³-hybridized carbons (Fsp3) is 0.438. The van der Waals surface area contributed by atoms with Crippen LogP contribution in [0.25, 0.3) is 0 Å². The van der Waals surface area contributed by atoms with Crippen molar-refractivity contribution >= 4 is 0 Å². The normalized spacial score (nSPS) is 12.2. The van der Waals surface area contributed by atoms with Crippen molar-refractivity contribution in [1.82, 2.24) is 15.1 Å². The van der Waals surface area contributed by atoms with E-state index in [2.05, 4.69) is 17.3 Å². The zero-order valence-electron chi connectivity index (χ0n) is 13.1. The first kappa shape index (κ1) is 15.4. The first-order valence-corrected chi connectivity index (χ1v) is 7.05. The van der Waals surface area contributed by atoms with Crippen molar-refractivity contribution in [3.05, 3.63) is 41.7 Å². The van der Waals surface area contributed by atoms with Crippen molar-refractivity contribution in [2.75, 3.05) is 14.2 Å². The van der Waals surface area contributed by atoms with Crippen LogP contribution in [0.5, 0.6) is 11.5 Å². The minimum atomic E-state index is 0.321. The number of rotatable bonds is 7. The number of methoxy groups -OCH3 is 2. The van der Waals surface area contributed by atoms with Gasteiger partial charge in [-0.1, -0.05) is 0 Å². The van der Waals surface area contributed by atoms with Gasteiger partial charge in [0.1, 0.15) is 11.5 Å². The fourth-order valence-corrected chi connectivity index (χ4v) is 2.17. The summed E-state index contributed by atoms with van der Waals surface area (Å²) in [5.41, 5.74) is 2.31. The maximum Gasteiger partial charge on any atom is 0.122 e. The molecule has 5 heteroatoms. The van der Waals surface area contributed by atoms with Crippen LogP contribution in [-0.4, -0.2) is 30.0 Å². The van der Waals surface area contributed by atoms with E-state index in [0.717, 1.165) is 30.2 Å². The van der Waals surface area contributed by atoms with E-state index in [1.54, 1.807) is 14.2 Å². The lowest BCUT2D eigenvalue weighted by Gasteiger charge is -2.15. The molecule has 0 bridgehead atoms. The molecule has 1 unspecified atom stereocenters. The molecule has 0 amide bonds. The lowest BCUT2D eigenvalue weighted by atomic mass is 10.2. The Kier molecular flexibility index (Phi) is 5.22. The van der Waals surface area contributed by atoms with Crippen molar-refractivity contribution in [3.63, 3.8) is 0 Å². The van der Waals surface area contributed by atoms with Crippen LogP contribution in [0.3, 0.4) is 0 Å². The van der Waals surface area contributed by atoms with Gasteiger partial charge >= 0.3 is 0 Å². The van der Waals surface area contributed by atoms with Gasteiger partial charge in [-0.2, -0.15) is 5.10 Å². The number of ether oxygens (including phenoxy) is 2. The molecular weight excluding hydrogens is 266 g/mol. The highest BCUT2D eigenvalue weighted by molar-refractivity contribution is 5.38. The summed E-state index contributed by atoms with van der Waals surface area (Å²) in [4.78, 5) is 0. The maximum atomic E-state index is 5.28. The van der Waals surface area contributed by atoms with Gasteiger partial charge in [-0.25, -0.2) is 0 Å². The van der Waals surface area contributed by atoms with Crippen LogP contribution < -0.4 is 14.8 Å². The van der Waals surface area contributed by atoms with Crippen LogP contribution in [-0.2, 0) is 13.1 Å². The topological polar surface area (TPSA) is 48.3 Å². The summed E-state index contributed by atoms with van der Waals surface area (Å²) in [6, 6.07) is 6.22. The first-order chi connectivity index (χ1) is 10.1. The molecular formula is C16H23N3O2. The number of benzene rings is 1. The molecule has 0 saturated heterocycles. The van der Waals surface area contributed by atoms with E-state index in [1.165, 1.54) is 5.56 Å². The summed E-state index contributed by atoms with van der Waals surface area (Å²) >= 11 is 0. The average Bonchev–Trinajstić information content (AvgIpc) is 2.89. The second-order valence-corrected chi connectivity index (χ2v) is 5.24. The second-order valence-electron chi connectivity index (χ2n) is 5.24. The second kappa shape index (κ2) is 7.13. The van der Waals surface area contributed by atoms with E-state index >= 15 is 0 Å². The zero-order chi connectivity index (χ0) is 15.2. The Balaban J connectivity index is 1.92. The molecule has 0 spiro atoms. The molecule has 114 valence electrons. The molecule has 0 aliphatic heterocycles. The molecule has 2 aromatic rings. The van der Waals surface area contributed by atoms with Crippen LogP contribution in [0, 0.1) is 6.92 Å². The summed E-state index contributed by atoms with van der Waals surface area (Å²) in [6.45, 7) is 5.79. The third kappa shape index (κ3) is 4.49. The number of hydrogen-bond donors (Lipinski definition) is 1. The lowest BCUT2D eigenvalue weighted by Crippen LogP contribution is -2.30. The highest BCUT2D eigenvalue weighted by Crippen LogP contribution is 2.22. The molecule has 2 rings (SSSR count). The zero-order valence-corrected chi connectivity index (χ0v) is 13.1. The van der Waals surface area contributed by atoms with E-state index in [-0.39, 0.29) is 0 Å². The molecule has 0 aliphatic carbocycles. The minimum Gasteiger partial charge on any atom is -0.497 e. The SMILES string of the molecule is COc1cc(CNC(C)Cn2cc(C)cn2)cc(OC)c1. The van der Waals surface area contributed by atoms with E-state index in [1.807, 2.05) is 42.2 Å². The van der Waals surface area contributed by atoms with Gasteiger partial charge in [0, 0.05) is 24.8 Å². The smallest absolute Gasteiger partial charge is 0.122 e. The molecule has 0 aliphatic rings. The molecule has 21 heavy (non-hydrogen) atoms. The highest BCUT2D eigenvalue weighted by Gasteiger charge is 2.06. The summed E-state index contributed by atoms with van der Waals surface area (Å²) in [5.74, 6) is 1.61. The van der Waals surface area contributed by atoms with Gasteiger partial charge in [0.25, 0.3) is 0 Å². The van der Waals surface area contributed by atoms with Crippen LogP contribution >= 0.6 is 0 Å². The van der Waals surface area contributed by atoms with Gasteiger partial charge < -0.3 is 14.8 Å². The van der Waals surface area contributed by atoms with Crippen molar-refractivity contribution in [1.29, 1.82) is 0 Å². The van der Waals surface area contributed by atoms with Crippen molar-refractivity contribution in [2.24, 2.45) is 0 Å². The van der Waals surface area contributed by atoms with Crippen LogP contribution in [0.2, 0.25) is 0 Å². The Bertz CT molecular complexity index is 558. The van der Waals surface area contributed by atoms with Gasteiger partial charge in [0.05, 0.1) is 27.0 Å². The Morgan fingerprint density at radius 3 is 2.38 bits per heavy atom. The summed E-state index contributed by atoms with van der Waals surface area (Å²) < 4.78 is 12.5. The molecule has 1 aromatic heterocycles. The number of hydrogen-bond acceptors (Lipinski definition) is 4. The monoisotopic (exact) mass is 289 g/mol. The predicted octanol–water partition coefficient (Wildman–Crippen LogP) is 2.39. The predicted molar refractivity (Wildman–Crippen MR) is 82.8 cm³/mol. The van der Waals surface area contributed by atoms with Gasteiger partial charge in [0.2, 0.25) is 0 Å². The third-order valence-electron chi connectivity index (χ3n) is 3.29. The van der Waals surface area contributed by atoms with E-state index < -0.39 is 0 Å². The quantitative estimate of drug-likeness (QED) is 0.850. The van der Waals surface area contributed by atoms with Crippen molar-refractivity contribution < 1.29 is 9.47 Å². The molecule has 0 saturated carbocycles. The fourth-order valence-electron chi connectivity index (χ4n) is 2.17. The van der Waals surface area contributed by atoms with Crippen molar-refractivity contribution in [2.45, 2.75) is 33.0 Å². The largest absolute Gasteiger partial charge is 0.497 e. The molecule has 1 aromatic carbocycles. The van der Waals surface area contributed by atoms with E-state index in [0.29, 0.717) is 6.04 Å². The van der Waals surface area contributed by atoms with Gasteiger partial charge in [-0.05, 0) is 37.1 Å². The molecule has 1 N–H and O–H groups in total. The maximum absolute atomic E-state index is 5.28. The Hall–Kier alpha value is -2.01. The Morgan fingerprint density at radius 1 is 1.19 bits per heavy atom. The van der Waals surface area contributed by atoms with Crippen LogP contribution in [0.15, 0.2) is 30.6 Å². The van der Waals surface area contributed by atoms with Gasteiger partial charge in [0.15, 0.2) is 0 Å². The van der Waals surface area contributed by atoms with E-state index in [9.17, 15) is 0 Å². The lowest BCUT2D eigenvalue weighted by molar-refractivity contribution is 0.392. The summed E-state index contributed by atoms with van der Waals surface area (Å²) in [7, 11) is 3.32. The highest BCUT2D eigenvalue weighted by atomic mass is 16.5. The molecule has 5 nitrogen and oxygen atoms in total. The Morgan fingerprint density at radius 2 is 1.86 bits per heavy atom. The molecule has 1 heterocycles. The number of aryl methyl sites for hydroxylation is 1. The molecule has 1 atom stereocenters. The first-order valence-electron chi connectivity index (χ1n) is 7.05. The van der Waals surface area contributed by atoms with Gasteiger partial charge in [-0.3, -0.25) is 4.68 Å². The minimum absolute atomic E-state index is 0.321.